The Morgan fingerprint density at radius 3 is 2.34 bits per heavy atom. The molecule has 15 heteroatoms. The van der Waals surface area contributed by atoms with Crippen LogP contribution in [-0.4, -0.2) is 52.6 Å². The maximum absolute atomic E-state index is 14.3. The van der Waals surface area contributed by atoms with E-state index in [9.17, 15) is 31.5 Å². The van der Waals surface area contributed by atoms with Crippen molar-refractivity contribution in [2.24, 2.45) is 18.4 Å². The van der Waals surface area contributed by atoms with E-state index < -0.39 is 41.9 Å². The lowest BCUT2D eigenvalue weighted by Gasteiger charge is -2.30. The predicted molar refractivity (Wildman–Crippen MR) is 173 cm³/mol. The highest BCUT2D eigenvalue weighted by atomic mass is 35.5. The number of alkyl halides is 5. The number of nitrogens with one attached hydrogen (secondary N) is 3. The zero-order chi connectivity index (χ0) is 34.5. The highest BCUT2D eigenvalue weighted by Crippen LogP contribution is 2.40. The van der Waals surface area contributed by atoms with Gasteiger partial charge in [-0.2, -0.15) is 13.2 Å². The van der Waals surface area contributed by atoms with Gasteiger partial charge in [0, 0.05) is 38.0 Å². The number of aryl methyl sites for hydroxylation is 1. The Bertz CT molecular complexity index is 1680. The van der Waals surface area contributed by atoms with Gasteiger partial charge in [-0.05, 0) is 49.4 Å². The molecule has 5 rings (SSSR count). The van der Waals surface area contributed by atoms with E-state index in [0.717, 1.165) is 0 Å². The average Bonchev–Trinajstić information content (AvgIpc) is 3.50. The number of carbonyl (C=O) groups is 2. The smallest absolute Gasteiger partial charge is 0.365 e. The topological polar surface area (TPSA) is 91.3 Å². The fourth-order valence-corrected chi connectivity index (χ4v) is 6.48. The Kier molecular flexibility index (Phi) is 9.64. The lowest BCUT2D eigenvalue weighted by atomic mass is 9.85. The fourth-order valence-electron chi connectivity index (χ4n) is 5.95. The normalized spacial score (nSPS) is 20.0. The molecule has 0 radical (unpaired) electrons. The van der Waals surface area contributed by atoms with Crippen LogP contribution in [0.25, 0.3) is 11.0 Å². The molecular weight excluding hydrogens is 666 g/mol. The summed E-state index contributed by atoms with van der Waals surface area (Å²) in [7, 11) is 1.70. The molecule has 2 aliphatic rings. The van der Waals surface area contributed by atoms with E-state index in [1.807, 2.05) is 0 Å². The number of anilines is 3. The quantitative estimate of drug-likeness (QED) is 0.217. The van der Waals surface area contributed by atoms with Gasteiger partial charge in [0.05, 0.1) is 50.5 Å². The second kappa shape index (κ2) is 12.9. The van der Waals surface area contributed by atoms with Crippen LogP contribution in [0.5, 0.6) is 0 Å². The summed E-state index contributed by atoms with van der Waals surface area (Å²) in [5.74, 6) is -4.78. The van der Waals surface area contributed by atoms with Gasteiger partial charge in [0.1, 0.15) is 0 Å². The van der Waals surface area contributed by atoms with Crippen molar-refractivity contribution in [1.82, 2.24) is 20.2 Å². The lowest BCUT2D eigenvalue weighted by molar-refractivity contribution is -0.182. The zero-order valence-corrected chi connectivity index (χ0v) is 27.9. The van der Waals surface area contributed by atoms with Crippen LogP contribution in [0.2, 0.25) is 10.0 Å². The maximum atomic E-state index is 14.3. The van der Waals surface area contributed by atoms with Crippen molar-refractivity contribution in [3.63, 3.8) is 0 Å². The molecule has 1 aliphatic heterocycles. The number of carbonyl (C=O) groups excluding carboxylic acids is 2. The molecule has 1 saturated heterocycles. The molecule has 47 heavy (non-hydrogen) atoms. The van der Waals surface area contributed by atoms with Crippen LogP contribution in [-0.2, 0) is 18.4 Å². The maximum Gasteiger partial charge on any atom is 0.391 e. The number of amides is 2. The van der Waals surface area contributed by atoms with Crippen LogP contribution in [0.1, 0.15) is 68.8 Å². The molecule has 2 fully saturated rings. The third-order valence-corrected chi connectivity index (χ3v) is 9.55. The first-order valence-corrected chi connectivity index (χ1v) is 16.1. The zero-order valence-electron chi connectivity index (χ0n) is 26.4. The molecule has 8 nitrogen and oxygen atoms in total. The van der Waals surface area contributed by atoms with E-state index >= 15 is 0 Å². The Morgan fingerprint density at radius 1 is 1.06 bits per heavy atom. The summed E-state index contributed by atoms with van der Waals surface area (Å²) >= 11 is 13.2. The Hall–Kier alpha value is -3.32. The number of nitrogens with zero attached hydrogens (tertiary/aromatic N) is 3. The van der Waals surface area contributed by atoms with Crippen LogP contribution in [0.4, 0.5) is 39.3 Å². The third kappa shape index (κ3) is 7.72. The minimum absolute atomic E-state index is 0.0161. The summed E-state index contributed by atoms with van der Waals surface area (Å²) in [6.45, 7) is 4.97. The van der Waals surface area contributed by atoms with Gasteiger partial charge in [0.15, 0.2) is 0 Å². The molecule has 256 valence electrons. The molecule has 2 aromatic carbocycles. The molecule has 0 spiro atoms. The second-order valence-corrected chi connectivity index (χ2v) is 14.2. The monoisotopic (exact) mass is 702 g/mol. The van der Waals surface area contributed by atoms with Gasteiger partial charge in [0.2, 0.25) is 11.9 Å². The number of hydrogen-bond acceptors (Lipinski definition) is 5. The number of imidazole rings is 1. The predicted octanol–water partition coefficient (Wildman–Crippen LogP) is 7.98. The van der Waals surface area contributed by atoms with E-state index in [-0.39, 0.29) is 72.4 Å². The van der Waals surface area contributed by atoms with E-state index in [1.165, 1.54) is 11.0 Å². The SMILES string of the molecule is Cn1c(Nc2c(Cl)ccc(CNC(=O)C(C)(C)C)c2Cl)nc2cc(C(=O)NC3CCC(C(F)(F)F)CC3)c(N3CCC(F)(F)C3)cc21. The Morgan fingerprint density at radius 2 is 1.74 bits per heavy atom. The van der Waals surface area contributed by atoms with Gasteiger partial charge in [-0.25, -0.2) is 13.8 Å². The Balaban J connectivity index is 1.45. The fraction of sp³-hybridized carbons (Fsp3) is 0.531. The summed E-state index contributed by atoms with van der Waals surface area (Å²) in [6, 6.07) is 5.98. The van der Waals surface area contributed by atoms with Crippen molar-refractivity contribution in [2.45, 2.75) is 77.6 Å². The lowest BCUT2D eigenvalue weighted by Crippen LogP contribution is -2.40. The standard InChI is InChI=1S/C32H37Cl2F5N6O2/c1-30(2,3)28(47)40-15-17-5-10-21(33)26(25(17)34)43-29-42-22-13-20(27(46)41-19-8-6-18(7-9-19)32(37,38)39)23(14-24(22)44(29)4)45-12-11-31(35,36)16-45/h5,10,13-14,18-19H,6-9,11-12,15-16H2,1-4H3,(H,40,47)(H,41,46)(H,42,43). The molecule has 2 amide bonds. The van der Waals surface area contributed by atoms with Crippen molar-refractivity contribution in [3.05, 3.63) is 45.4 Å². The Labute approximate surface area is 279 Å². The second-order valence-electron chi connectivity index (χ2n) is 13.4. The molecule has 0 bridgehead atoms. The van der Waals surface area contributed by atoms with Crippen LogP contribution in [0.15, 0.2) is 24.3 Å². The molecule has 2 heterocycles. The van der Waals surface area contributed by atoms with Gasteiger partial charge >= 0.3 is 6.18 Å². The first-order valence-electron chi connectivity index (χ1n) is 15.4. The van der Waals surface area contributed by atoms with Gasteiger partial charge in [-0.1, -0.05) is 50.0 Å². The first kappa shape index (κ1) is 35.0. The molecule has 3 aromatic rings. The van der Waals surface area contributed by atoms with Gasteiger partial charge < -0.3 is 25.4 Å². The van der Waals surface area contributed by atoms with Crippen LogP contribution in [0.3, 0.4) is 0 Å². The first-order chi connectivity index (χ1) is 21.8. The molecule has 0 unspecified atom stereocenters. The van der Waals surface area contributed by atoms with E-state index in [1.54, 1.807) is 50.6 Å². The largest absolute Gasteiger partial charge is 0.391 e. The van der Waals surface area contributed by atoms with Gasteiger partial charge in [-0.15, -0.1) is 0 Å². The molecule has 1 saturated carbocycles. The minimum atomic E-state index is -4.28. The number of benzene rings is 2. The van der Waals surface area contributed by atoms with E-state index in [2.05, 4.69) is 20.9 Å². The van der Waals surface area contributed by atoms with E-state index in [0.29, 0.717) is 28.2 Å². The molecule has 1 aliphatic carbocycles. The van der Waals surface area contributed by atoms with Crippen molar-refractivity contribution >= 4 is 63.4 Å². The van der Waals surface area contributed by atoms with E-state index in [4.69, 9.17) is 23.2 Å². The summed E-state index contributed by atoms with van der Waals surface area (Å²) in [6.07, 6.45) is -4.53. The highest BCUT2D eigenvalue weighted by molar-refractivity contribution is 6.39. The summed E-state index contributed by atoms with van der Waals surface area (Å²) in [5, 5.41) is 9.37. The van der Waals surface area contributed by atoms with Crippen LogP contribution >= 0.6 is 23.2 Å². The van der Waals surface area contributed by atoms with Crippen molar-refractivity contribution in [2.75, 3.05) is 23.3 Å². The number of rotatable bonds is 7. The van der Waals surface area contributed by atoms with Crippen molar-refractivity contribution < 1.29 is 31.5 Å². The minimum Gasteiger partial charge on any atom is -0.365 e. The number of hydrogen-bond donors (Lipinski definition) is 3. The number of fused-ring (bicyclic) bond motifs is 1. The summed E-state index contributed by atoms with van der Waals surface area (Å²) < 4.78 is 69.8. The number of halogens is 7. The average molecular weight is 704 g/mol. The van der Waals surface area contributed by atoms with Crippen molar-refractivity contribution in [1.29, 1.82) is 0 Å². The molecule has 3 N–H and O–H groups in total. The molecular formula is C32H37Cl2F5N6O2. The third-order valence-electron chi connectivity index (χ3n) is 8.81. The summed E-state index contributed by atoms with van der Waals surface area (Å²) in [5.41, 5.74) is 1.62. The van der Waals surface area contributed by atoms with Gasteiger partial charge in [0.25, 0.3) is 11.8 Å². The summed E-state index contributed by atoms with van der Waals surface area (Å²) in [4.78, 5) is 32.1. The molecule has 0 atom stereocenters. The number of aromatic nitrogens is 2. The van der Waals surface area contributed by atoms with Crippen LogP contribution in [0, 0.1) is 11.3 Å². The molecule has 1 aromatic heterocycles. The van der Waals surface area contributed by atoms with Crippen molar-refractivity contribution in [3.8, 4) is 0 Å². The van der Waals surface area contributed by atoms with Gasteiger partial charge in [-0.3, -0.25) is 9.59 Å². The van der Waals surface area contributed by atoms with Crippen LogP contribution < -0.4 is 20.9 Å². The highest BCUT2D eigenvalue weighted by Gasteiger charge is 2.42.